The van der Waals surface area contributed by atoms with E-state index in [9.17, 15) is 4.79 Å². The van der Waals surface area contributed by atoms with Gasteiger partial charge in [-0.1, -0.05) is 87.5 Å². The topological polar surface area (TPSA) is 26.3 Å². The van der Waals surface area contributed by atoms with Gasteiger partial charge >= 0.3 is 0 Å². The molecule has 1 heterocycles. The molecule has 3 aromatic carbocycles. The fraction of sp³-hybridized carbons (Fsp3) is 0.192. The van der Waals surface area contributed by atoms with E-state index in [0.717, 1.165) is 11.1 Å². The largest absolute Gasteiger partial charge is 0.480 e. The van der Waals surface area contributed by atoms with Crippen LogP contribution in [-0.2, 0) is 5.41 Å². The van der Waals surface area contributed by atoms with E-state index < -0.39 is 6.10 Å². The Labute approximate surface area is 166 Å². The molecular formula is C26H24O2. The summed E-state index contributed by atoms with van der Waals surface area (Å²) in [6, 6.07) is 25.8. The maximum absolute atomic E-state index is 13.3. The van der Waals surface area contributed by atoms with Crippen LogP contribution in [0.1, 0.15) is 53.9 Å². The predicted molar refractivity (Wildman–Crippen MR) is 114 cm³/mol. The Bertz CT molecular complexity index is 1020. The molecule has 4 rings (SSSR count). The monoisotopic (exact) mass is 368 g/mol. The van der Waals surface area contributed by atoms with Crippen LogP contribution in [0.3, 0.4) is 0 Å². The van der Waals surface area contributed by atoms with Crippen LogP contribution in [0, 0.1) is 0 Å². The van der Waals surface area contributed by atoms with Gasteiger partial charge in [-0.3, -0.25) is 4.79 Å². The van der Waals surface area contributed by atoms with Crippen molar-refractivity contribution < 1.29 is 9.53 Å². The Morgan fingerprint density at radius 1 is 0.821 bits per heavy atom. The Morgan fingerprint density at radius 2 is 1.46 bits per heavy atom. The molecule has 1 aliphatic rings. The summed E-state index contributed by atoms with van der Waals surface area (Å²) in [4.78, 5) is 13.3. The number of hydrogen-bond acceptors (Lipinski definition) is 2. The number of benzene rings is 3. The Hall–Kier alpha value is -3.13. The van der Waals surface area contributed by atoms with Crippen molar-refractivity contribution in [2.75, 3.05) is 0 Å². The summed E-state index contributed by atoms with van der Waals surface area (Å²) in [5, 5.41) is 0. The lowest BCUT2D eigenvalue weighted by Gasteiger charge is -2.28. The average Bonchev–Trinajstić information content (AvgIpc) is 2.70. The minimum absolute atomic E-state index is 0.0237. The molecule has 0 N–H and O–H groups in total. The van der Waals surface area contributed by atoms with Gasteiger partial charge in [0.25, 0.3) is 0 Å². The van der Waals surface area contributed by atoms with E-state index in [1.807, 2.05) is 60.7 Å². The van der Waals surface area contributed by atoms with Crippen LogP contribution in [0.25, 0.3) is 6.08 Å². The lowest BCUT2D eigenvalue weighted by molar-refractivity contribution is 0.0963. The number of Topliss-reactive ketones (excluding diaryl/α,β-unsaturated/α-hetero) is 1. The molecule has 0 spiro atoms. The fourth-order valence-corrected chi connectivity index (χ4v) is 3.50. The highest BCUT2D eigenvalue weighted by Gasteiger charge is 2.32. The first kappa shape index (κ1) is 18.2. The van der Waals surface area contributed by atoms with Crippen molar-refractivity contribution >= 4 is 11.9 Å². The number of ether oxygens (including phenoxy) is 1. The molecule has 0 unspecified atom stereocenters. The lowest BCUT2D eigenvalue weighted by Crippen LogP contribution is -2.23. The summed E-state index contributed by atoms with van der Waals surface area (Å²) < 4.78 is 6.26. The number of fused-ring (bicyclic) bond motifs is 1. The van der Waals surface area contributed by atoms with Crippen molar-refractivity contribution in [3.05, 3.63) is 107 Å². The maximum Gasteiger partial charge on any atom is 0.196 e. The number of hydrogen-bond donors (Lipinski definition) is 0. The highest BCUT2D eigenvalue weighted by atomic mass is 16.5. The molecule has 3 aromatic rings. The quantitative estimate of drug-likeness (QED) is 0.490. The summed E-state index contributed by atoms with van der Waals surface area (Å²) in [6.07, 6.45) is 1.55. The normalized spacial score (nSPS) is 17.9. The van der Waals surface area contributed by atoms with Crippen LogP contribution in [0.2, 0.25) is 0 Å². The second-order valence-electron chi connectivity index (χ2n) is 8.21. The van der Waals surface area contributed by atoms with Crippen LogP contribution in [0.15, 0.2) is 84.4 Å². The molecule has 0 radical (unpaired) electrons. The second-order valence-corrected chi connectivity index (χ2v) is 8.21. The zero-order valence-electron chi connectivity index (χ0n) is 16.5. The van der Waals surface area contributed by atoms with E-state index in [0.29, 0.717) is 16.9 Å². The van der Waals surface area contributed by atoms with Crippen molar-refractivity contribution in [1.29, 1.82) is 0 Å². The van der Waals surface area contributed by atoms with E-state index >= 15 is 0 Å². The lowest BCUT2D eigenvalue weighted by atomic mass is 9.86. The van der Waals surface area contributed by atoms with Crippen LogP contribution >= 0.6 is 0 Å². The summed E-state index contributed by atoms with van der Waals surface area (Å²) in [6.45, 7) is 6.59. The van der Waals surface area contributed by atoms with Gasteiger partial charge in [0.1, 0.15) is 5.75 Å². The van der Waals surface area contributed by atoms with E-state index in [1.165, 1.54) is 5.56 Å². The Morgan fingerprint density at radius 3 is 2.14 bits per heavy atom. The summed E-state index contributed by atoms with van der Waals surface area (Å²) in [7, 11) is 0. The van der Waals surface area contributed by atoms with Crippen molar-refractivity contribution in [3.8, 4) is 5.75 Å². The predicted octanol–water partition coefficient (Wildman–Crippen LogP) is 6.38. The zero-order chi connectivity index (χ0) is 19.7. The first-order valence-electron chi connectivity index (χ1n) is 9.61. The van der Waals surface area contributed by atoms with Crippen LogP contribution in [0.5, 0.6) is 5.75 Å². The minimum atomic E-state index is -0.411. The molecule has 0 amide bonds. The van der Waals surface area contributed by atoms with Crippen molar-refractivity contribution in [3.63, 3.8) is 0 Å². The number of carbonyl (C=O) groups is 1. The molecule has 2 heteroatoms. The SMILES string of the molecule is CC(C)(C)c1ccc(/C=C2\C(=O)c3ccccc3O[C@H]2c2ccccc2)cc1. The molecule has 0 saturated carbocycles. The second kappa shape index (κ2) is 7.12. The summed E-state index contributed by atoms with van der Waals surface area (Å²) >= 11 is 0. The first-order valence-corrected chi connectivity index (χ1v) is 9.61. The van der Waals surface area contributed by atoms with E-state index in [4.69, 9.17) is 4.74 Å². The molecule has 28 heavy (non-hydrogen) atoms. The number of carbonyl (C=O) groups excluding carboxylic acids is 1. The highest BCUT2D eigenvalue weighted by molar-refractivity contribution is 6.14. The third kappa shape index (κ3) is 3.50. The molecule has 0 saturated heterocycles. The van der Waals surface area contributed by atoms with Crippen LogP contribution in [-0.4, -0.2) is 5.78 Å². The Balaban J connectivity index is 1.79. The van der Waals surface area contributed by atoms with Gasteiger partial charge in [-0.05, 0) is 40.3 Å². The molecule has 0 aromatic heterocycles. The molecule has 2 nitrogen and oxygen atoms in total. The molecule has 140 valence electrons. The molecule has 1 aliphatic heterocycles. The number of para-hydroxylation sites is 1. The van der Waals surface area contributed by atoms with Crippen LogP contribution in [0.4, 0.5) is 0 Å². The molecular weight excluding hydrogens is 344 g/mol. The molecule has 0 bridgehead atoms. The van der Waals surface area contributed by atoms with Crippen LogP contribution < -0.4 is 4.74 Å². The summed E-state index contributed by atoms with van der Waals surface area (Å²) in [5.74, 6) is 0.664. The van der Waals surface area contributed by atoms with Gasteiger partial charge in [0, 0.05) is 5.57 Å². The third-order valence-corrected chi connectivity index (χ3v) is 5.12. The molecule has 0 fully saturated rings. The number of rotatable bonds is 2. The van der Waals surface area contributed by atoms with Gasteiger partial charge in [-0.15, -0.1) is 0 Å². The molecule has 1 atom stereocenters. The van der Waals surface area contributed by atoms with Gasteiger partial charge in [0.15, 0.2) is 11.9 Å². The van der Waals surface area contributed by atoms with Crippen molar-refractivity contribution in [2.45, 2.75) is 32.3 Å². The van der Waals surface area contributed by atoms with Crippen molar-refractivity contribution in [1.82, 2.24) is 0 Å². The van der Waals surface area contributed by atoms with Gasteiger partial charge in [0.05, 0.1) is 5.56 Å². The maximum atomic E-state index is 13.3. The highest BCUT2D eigenvalue weighted by Crippen LogP contribution is 2.39. The summed E-state index contributed by atoms with van der Waals surface area (Å²) in [5.41, 5.74) is 4.62. The van der Waals surface area contributed by atoms with Crippen molar-refractivity contribution in [2.24, 2.45) is 0 Å². The van der Waals surface area contributed by atoms with Gasteiger partial charge in [-0.2, -0.15) is 0 Å². The fourth-order valence-electron chi connectivity index (χ4n) is 3.50. The standard InChI is InChI=1S/C26H24O2/c1-26(2,3)20-15-13-18(14-16-20)17-22-24(27)21-11-7-8-12-23(21)28-25(22)19-9-5-4-6-10-19/h4-17,25H,1-3H3/b22-17+/t25-/m0/s1. The minimum Gasteiger partial charge on any atom is -0.480 e. The zero-order valence-corrected chi connectivity index (χ0v) is 16.5. The van der Waals surface area contributed by atoms with E-state index in [2.05, 4.69) is 45.0 Å². The average molecular weight is 368 g/mol. The first-order chi connectivity index (χ1) is 13.4. The van der Waals surface area contributed by atoms with Gasteiger partial charge in [-0.25, -0.2) is 0 Å². The number of ketones is 1. The van der Waals surface area contributed by atoms with E-state index in [-0.39, 0.29) is 11.2 Å². The third-order valence-electron chi connectivity index (χ3n) is 5.12. The van der Waals surface area contributed by atoms with Gasteiger partial charge in [0.2, 0.25) is 0 Å². The van der Waals surface area contributed by atoms with Gasteiger partial charge < -0.3 is 4.74 Å². The molecule has 0 aliphatic carbocycles. The smallest absolute Gasteiger partial charge is 0.196 e. The Kier molecular flexibility index (Phi) is 4.64. The van der Waals surface area contributed by atoms with E-state index in [1.54, 1.807) is 0 Å².